The molecule has 0 bridgehead atoms. The number of pyridine rings is 1. The molecular weight excluding hydrogens is 292 g/mol. The largest absolute Gasteiger partial charge is 0.391 e. The van der Waals surface area contributed by atoms with Crippen molar-refractivity contribution in [3.05, 3.63) is 40.4 Å². The highest BCUT2D eigenvalue weighted by Crippen LogP contribution is 2.23. The van der Waals surface area contributed by atoms with Gasteiger partial charge in [0, 0.05) is 36.6 Å². The summed E-state index contributed by atoms with van der Waals surface area (Å²) >= 11 is 0. The van der Waals surface area contributed by atoms with Crippen molar-refractivity contribution < 1.29 is 5.11 Å². The normalized spacial score (nSPS) is 21.4. The highest BCUT2D eigenvalue weighted by Gasteiger charge is 2.24. The predicted molar refractivity (Wildman–Crippen MR) is 89.5 cm³/mol. The SMILES string of the molecule is CCc1cc(=O)[nH]c(-c2ccc(N3CCC(C)C(O)C3)nc2)n1. The Hall–Kier alpha value is -2.21. The maximum absolute atomic E-state index is 11.7. The second-order valence-corrected chi connectivity index (χ2v) is 6.12. The molecule has 2 aromatic rings. The number of aromatic amines is 1. The van der Waals surface area contributed by atoms with Crippen molar-refractivity contribution in [1.82, 2.24) is 15.0 Å². The highest BCUT2D eigenvalue weighted by atomic mass is 16.3. The number of aliphatic hydroxyl groups is 1. The van der Waals surface area contributed by atoms with Gasteiger partial charge in [0.05, 0.1) is 6.10 Å². The maximum atomic E-state index is 11.7. The van der Waals surface area contributed by atoms with Gasteiger partial charge >= 0.3 is 0 Å². The Morgan fingerprint density at radius 3 is 2.91 bits per heavy atom. The van der Waals surface area contributed by atoms with Crippen molar-refractivity contribution in [2.75, 3.05) is 18.0 Å². The summed E-state index contributed by atoms with van der Waals surface area (Å²) in [6.45, 7) is 5.54. The summed E-state index contributed by atoms with van der Waals surface area (Å²) in [7, 11) is 0. The number of aromatic nitrogens is 3. The fourth-order valence-electron chi connectivity index (χ4n) is 2.80. The summed E-state index contributed by atoms with van der Waals surface area (Å²) in [6.07, 6.45) is 3.08. The van der Waals surface area contributed by atoms with Crippen LogP contribution >= 0.6 is 0 Å². The number of nitrogens with one attached hydrogen (secondary N) is 1. The Labute approximate surface area is 135 Å². The second-order valence-electron chi connectivity index (χ2n) is 6.12. The lowest BCUT2D eigenvalue weighted by Gasteiger charge is -2.35. The lowest BCUT2D eigenvalue weighted by Crippen LogP contribution is -2.43. The molecule has 1 aliphatic heterocycles. The summed E-state index contributed by atoms with van der Waals surface area (Å²) in [6, 6.07) is 5.34. The van der Waals surface area contributed by atoms with Crippen LogP contribution in [-0.2, 0) is 6.42 Å². The number of hydrogen-bond donors (Lipinski definition) is 2. The summed E-state index contributed by atoms with van der Waals surface area (Å²) < 4.78 is 0. The van der Waals surface area contributed by atoms with Crippen LogP contribution in [0.4, 0.5) is 5.82 Å². The zero-order valence-electron chi connectivity index (χ0n) is 13.5. The van der Waals surface area contributed by atoms with Gasteiger partial charge in [-0.1, -0.05) is 13.8 Å². The molecule has 1 saturated heterocycles. The first-order valence-electron chi connectivity index (χ1n) is 8.06. The van der Waals surface area contributed by atoms with E-state index in [2.05, 4.69) is 26.8 Å². The molecule has 6 heteroatoms. The van der Waals surface area contributed by atoms with Crippen LogP contribution in [0.3, 0.4) is 0 Å². The van der Waals surface area contributed by atoms with Crippen LogP contribution in [0.1, 0.15) is 26.0 Å². The van der Waals surface area contributed by atoms with Crippen molar-refractivity contribution in [2.45, 2.75) is 32.8 Å². The van der Waals surface area contributed by atoms with Gasteiger partial charge in [-0.2, -0.15) is 0 Å². The van der Waals surface area contributed by atoms with Gasteiger partial charge < -0.3 is 15.0 Å². The van der Waals surface area contributed by atoms with E-state index >= 15 is 0 Å². The zero-order chi connectivity index (χ0) is 16.4. The van der Waals surface area contributed by atoms with Gasteiger partial charge in [-0.25, -0.2) is 9.97 Å². The molecule has 2 unspecified atom stereocenters. The minimum absolute atomic E-state index is 0.149. The molecule has 122 valence electrons. The van der Waals surface area contributed by atoms with Gasteiger partial charge in [-0.05, 0) is 30.9 Å². The number of anilines is 1. The van der Waals surface area contributed by atoms with E-state index in [1.807, 2.05) is 19.1 Å². The molecule has 0 aromatic carbocycles. The number of aryl methyl sites for hydroxylation is 1. The Balaban J connectivity index is 1.82. The molecule has 3 heterocycles. The smallest absolute Gasteiger partial charge is 0.251 e. The van der Waals surface area contributed by atoms with Crippen molar-refractivity contribution in [3.63, 3.8) is 0 Å². The summed E-state index contributed by atoms with van der Waals surface area (Å²) in [4.78, 5) is 25.4. The lowest BCUT2D eigenvalue weighted by molar-refractivity contribution is 0.102. The Bertz CT molecular complexity index is 726. The third-order valence-electron chi connectivity index (χ3n) is 4.42. The van der Waals surface area contributed by atoms with Crippen LogP contribution in [0.25, 0.3) is 11.4 Å². The third-order valence-corrected chi connectivity index (χ3v) is 4.42. The molecule has 1 fully saturated rings. The van der Waals surface area contributed by atoms with Crippen molar-refractivity contribution in [2.24, 2.45) is 5.92 Å². The van der Waals surface area contributed by atoms with E-state index in [1.165, 1.54) is 6.07 Å². The van der Waals surface area contributed by atoms with E-state index < -0.39 is 0 Å². The molecule has 3 rings (SSSR count). The number of hydrogen-bond acceptors (Lipinski definition) is 5. The number of nitrogens with zero attached hydrogens (tertiary/aromatic N) is 3. The monoisotopic (exact) mass is 314 g/mol. The van der Waals surface area contributed by atoms with E-state index in [0.29, 0.717) is 24.7 Å². The average molecular weight is 314 g/mol. The number of piperidine rings is 1. The molecule has 23 heavy (non-hydrogen) atoms. The molecule has 0 radical (unpaired) electrons. The van der Waals surface area contributed by atoms with Crippen LogP contribution in [0, 0.1) is 5.92 Å². The van der Waals surface area contributed by atoms with E-state index in [4.69, 9.17) is 0 Å². The molecule has 6 nitrogen and oxygen atoms in total. The number of rotatable bonds is 3. The Morgan fingerprint density at radius 1 is 1.43 bits per heavy atom. The Morgan fingerprint density at radius 2 is 2.26 bits per heavy atom. The van der Waals surface area contributed by atoms with E-state index in [0.717, 1.165) is 30.0 Å². The molecule has 0 saturated carbocycles. The second kappa shape index (κ2) is 6.50. The minimum Gasteiger partial charge on any atom is -0.391 e. The molecule has 2 N–H and O–H groups in total. The molecule has 0 spiro atoms. The molecule has 2 aromatic heterocycles. The van der Waals surface area contributed by atoms with Gasteiger partial charge in [0.1, 0.15) is 11.6 Å². The van der Waals surface area contributed by atoms with Crippen LogP contribution in [0.5, 0.6) is 0 Å². The number of β-amino-alcohol motifs (C(OH)–C–C–N with tert-alkyl or cyclic N) is 1. The lowest BCUT2D eigenvalue weighted by atomic mass is 9.96. The third kappa shape index (κ3) is 3.42. The zero-order valence-corrected chi connectivity index (χ0v) is 13.5. The fraction of sp³-hybridized carbons (Fsp3) is 0.471. The van der Waals surface area contributed by atoms with Crippen LogP contribution in [0.15, 0.2) is 29.2 Å². The first-order chi connectivity index (χ1) is 11.1. The van der Waals surface area contributed by atoms with Crippen molar-refractivity contribution in [1.29, 1.82) is 0 Å². The predicted octanol–water partition coefficient (Wildman–Crippen LogP) is 1.60. The van der Waals surface area contributed by atoms with E-state index in [9.17, 15) is 9.90 Å². The molecule has 2 atom stereocenters. The van der Waals surface area contributed by atoms with Crippen molar-refractivity contribution in [3.8, 4) is 11.4 Å². The summed E-state index contributed by atoms with van der Waals surface area (Å²) in [5.41, 5.74) is 1.40. The molecule has 1 aliphatic rings. The Kier molecular flexibility index (Phi) is 4.43. The van der Waals surface area contributed by atoms with Gasteiger partial charge in [0.25, 0.3) is 5.56 Å². The quantitative estimate of drug-likeness (QED) is 0.899. The van der Waals surface area contributed by atoms with Gasteiger partial charge in [0.2, 0.25) is 0 Å². The van der Waals surface area contributed by atoms with Crippen LogP contribution < -0.4 is 10.5 Å². The maximum Gasteiger partial charge on any atom is 0.251 e. The minimum atomic E-state index is -0.315. The molecule has 0 amide bonds. The molecular formula is C17H22N4O2. The average Bonchev–Trinajstić information content (AvgIpc) is 2.57. The highest BCUT2D eigenvalue weighted by molar-refractivity contribution is 5.56. The number of H-pyrrole nitrogens is 1. The topological polar surface area (TPSA) is 82.1 Å². The summed E-state index contributed by atoms with van der Waals surface area (Å²) in [5, 5.41) is 10.0. The van der Waals surface area contributed by atoms with Gasteiger partial charge in [-0.3, -0.25) is 4.79 Å². The van der Waals surface area contributed by atoms with E-state index in [1.54, 1.807) is 6.20 Å². The summed E-state index contributed by atoms with van der Waals surface area (Å²) in [5.74, 6) is 1.71. The van der Waals surface area contributed by atoms with Gasteiger partial charge in [0.15, 0.2) is 0 Å². The van der Waals surface area contributed by atoms with Gasteiger partial charge in [-0.15, -0.1) is 0 Å². The first-order valence-corrected chi connectivity index (χ1v) is 8.06. The van der Waals surface area contributed by atoms with Crippen LogP contribution in [-0.4, -0.2) is 39.3 Å². The molecule has 0 aliphatic carbocycles. The fourth-order valence-corrected chi connectivity index (χ4v) is 2.80. The number of aliphatic hydroxyl groups excluding tert-OH is 1. The van der Waals surface area contributed by atoms with E-state index in [-0.39, 0.29) is 11.7 Å². The van der Waals surface area contributed by atoms with Crippen molar-refractivity contribution >= 4 is 5.82 Å². The first kappa shape index (κ1) is 15.7. The standard InChI is InChI=1S/C17H22N4O2/c1-3-13-8-16(23)20-17(19-13)12-4-5-15(18-9-12)21-7-6-11(2)14(22)10-21/h4-5,8-9,11,14,22H,3,6-7,10H2,1-2H3,(H,19,20,23). The van der Waals surface area contributed by atoms with Crippen LogP contribution in [0.2, 0.25) is 0 Å².